The van der Waals surface area contributed by atoms with Crippen molar-refractivity contribution in [3.8, 4) is 11.5 Å². The van der Waals surface area contributed by atoms with Crippen molar-refractivity contribution < 1.29 is 38.1 Å². The van der Waals surface area contributed by atoms with Gasteiger partial charge >= 0.3 is 11.9 Å². The standard InChI is InChI=1S/C46H64Cl2N2O8S/c1-11-33-27(3)22-45(7,55-10)23-28(4)41(51)30(6)40-42(44(53)58-46(40,8)39(12-2)57-43(52)29(33)5)59-20-19-50(26-34-35(47)24-49-25-36(34)48)31-17-18-37(54-9)38(21-31)56-32-15-13-14-16-32/h11,17-18,21,24-25,27-30,32-33,39-40,42H,1,12-16,19-20,22-23,26H2,2-10H3/t27-,28-,29-,30-,33?,39-,40+,42+,45+,46-/m1/s1. The van der Waals surface area contributed by atoms with E-state index in [-0.39, 0.29) is 35.6 Å². The van der Waals surface area contributed by atoms with Crippen molar-refractivity contribution in [2.75, 3.05) is 31.4 Å². The van der Waals surface area contributed by atoms with Gasteiger partial charge in [-0.05, 0) is 82.8 Å². The lowest BCUT2D eigenvalue weighted by atomic mass is 9.70. The first-order valence-corrected chi connectivity index (χ1v) is 22.9. The first-order valence-electron chi connectivity index (χ1n) is 21.1. The predicted octanol–water partition coefficient (Wildman–Crippen LogP) is 10.2. The minimum absolute atomic E-state index is 0.0181. The summed E-state index contributed by atoms with van der Waals surface area (Å²) >= 11 is 14.8. The number of carbonyl (C=O) groups excluding carboxylic acids is 3. The highest BCUT2D eigenvalue weighted by atomic mass is 35.5. The summed E-state index contributed by atoms with van der Waals surface area (Å²) in [6, 6.07) is 5.86. The topological polar surface area (TPSA) is 113 Å². The van der Waals surface area contributed by atoms with Gasteiger partial charge < -0.3 is 28.6 Å². The molecule has 0 bridgehead atoms. The number of halogens is 2. The number of nitrogens with zero attached hydrogens (tertiary/aromatic N) is 2. The molecule has 1 aromatic heterocycles. The Kier molecular flexibility index (Phi) is 16.2. The number of esters is 2. The fourth-order valence-electron chi connectivity index (χ4n) is 9.89. The maximum atomic E-state index is 14.6. The van der Waals surface area contributed by atoms with Crippen LogP contribution in [0.2, 0.25) is 10.0 Å². The van der Waals surface area contributed by atoms with Crippen molar-refractivity contribution in [2.45, 2.75) is 129 Å². The number of rotatable bonds is 13. The molecule has 13 heteroatoms. The Labute approximate surface area is 365 Å². The number of thioether (sulfide) groups is 1. The number of hydrogen-bond donors (Lipinski definition) is 0. The van der Waals surface area contributed by atoms with Crippen LogP contribution in [-0.4, -0.2) is 77.9 Å². The second kappa shape index (κ2) is 20.3. The molecule has 1 saturated carbocycles. The van der Waals surface area contributed by atoms with E-state index in [1.54, 1.807) is 26.6 Å². The van der Waals surface area contributed by atoms with Crippen molar-refractivity contribution in [2.24, 2.45) is 35.5 Å². The lowest BCUT2D eigenvalue weighted by Crippen LogP contribution is -2.52. The molecule has 3 fully saturated rings. The zero-order valence-corrected chi connectivity index (χ0v) is 38.6. The molecule has 5 rings (SSSR count). The van der Waals surface area contributed by atoms with Gasteiger partial charge in [-0.15, -0.1) is 18.3 Å². The fourth-order valence-corrected chi connectivity index (χ4v) is 11.9. The van der Waals surface area contributed by atoms with Crippen LogP contribution in [0.3, 0.4) is 0 Å². The van der Waals surface area contributed by atoms with E-state index in [0.717, 1.165) is 31.4 Å². The van der Waals surface area contributed by atoms with Gasteiger partial charge in [0.15, 0.2) is 17.1 Å². The molecule has 10 atom stereocenters. The number of aromatic nitrogens is 1. The molecular formula is C46H64Cl2N2O8S. The zero-order chi connectivity index (χ0) is 43.2. The van der Waals surface area contributed by atoms with Crippen LogP contribution in [0, 0.1) is 35.5 Å². The van der Waals surface area contributed by atoms with Gasteiger partial charge in [0.2, 0.25) is 0 Å². The van der Waals surface area contributed by atoms with Crippen LogP contribution in [-0.2, 0) is 35.1 Å². The van der Waals surface area contributed by atoms with Crippen molar-refractivity contribution in [3.63, 3.8) is 0 Å². The quantitative estimate of drug-likeness (QED) is 0.142. The number of ketones is 1. The third kappa shape index (κ3) is 10.6. The first-order chi connectivity index (χ1) is 28.0. The van der Waals surface area contributed by atoms with Crippen LogP contribution in [0.1, 0.15) is 99.0 Å². The van der Waals surface area contributed by atoms with Crippen molar-refractivity contribution in [1.29, 1.82) is 0 Å². The SMILES string of the molecule is C=CC1[C@H](C)C[C@](C)(OC)C[C@@H](C)C(=O)[C@H](C)[C@H]2[C@H](SCCN(Cc3c(Cl)cncc3Cl)c3ccc(OC)c(OC4CCCC4)c3)C(=O)O[C@]2(C)[C@@H](CC)OC(=O)[C@@H]1C. The number of methoxy groups -OCH3 is 2. The van der Waals surface area contributed by atoms with Crippen molar-refractivity contribution in [3.05, 3.63) is 58.9 Å². The highest BCUT2D eigenvalue weighted by Gasteiger charge is 2.61. The van der Waals surface area contributed by atoms with E-state index in [9.17, 15) is 14.4 Å². The number of cyclic esters (lactones) is 1. The van der Waals surface area contributed by atoms with E-state index in [2.05, 4.69) is 23.4 Å². The molecule has 2 aliphatic heterocycles. The lowest BCUT2D eigenvalue weighted by Gasteiger charge is -2.42. The Morgan fingerprint density at radius 3 is 2.27 bits per heavy atom. The van der Waals surface area contributed by atoms with Crippen molar-refractivity contribution in [1.82, 2.24) is 4.98 Å². The number of hydrogen-bond acceptors (Lipinski definition) is 11. The number of benzene rings is 1. The second-order valence-electron chi connectivity index (χ2n) is 17.4. The van der Waals surface area contributed by atoms with Crippen LogP contribution in [0.5, 0.6) is 11.5 Å². The van der Waals surface area contributed by atoms with Crippen LogP contribution >= 0.6 is 35.0 Å². The van der Waals surface area contributed by atoms with Gasteiger partial charge in [-0.3, -0.25) is 19.4 Å². The predicted molar refractivity (Wildman–Crippen MR) is 236 cm³/mol. The van der Waals surface area contributed by atoms with Gasteiger partial charge in [-0.2, -0.15) is 0 Å². The molecule has 0 spiro atoms. The number of anilines is 1. The summed E-state index contributed by atoms with van der Waals surface area (Å²) in [4.78, 5) is 49.1. The normalized spacial score (nSPS) is 32.2. The molecule has 2 aromatic rings. The zero-order valence-electron chi connectivity index (χ0n) is 36.3. The molecule has 326 valence electrons. The minimum atomic E-state index is -1.27. The number of allylic oxidation sites excluding steroid dienone is 1. The highest BCUT2D eigenvalue weighted by Crippen LogP contribution is 2.49. The van der Waals surface area contributed by atoms with Gasteiger partial charge in [0.25, 0.3) is 0 Å². The van der Waals surface area contributed by atoms with E-state index in [1.807, 2.05) is 65.8 Å². The van der Waals surface area contributed by atoms with Gasteiger partial charge in [-0.25, -0.2) is 0 Å². The van der Waals surface area contributed by atoms with E-state index in [4.69, 9.17) is 46.9 Å². The maximum Gasteiger partial charge on any atom is 0.320 e. The van der Waals surface area contributed by atoms with E-state index >= 15 is 0 Å². The van der Waals surface area contributed by atoms with Gasteiger partial charge in [0, 0.05) is 73.4 Å². The number of Topliss-reactive ketones (excluding diaryl/α,β-unsaturated/α-hetero) is 1. The summed E-state index contributed by atoms with van der Waals surface area (Å²) in [5, 5.41) is 0.164. The Hall–Kier alpha value is -2.99. The molecule has 10 nitrogen and oxygen atoms in total. The summed E-state index contributed by atoms with van der Waals surface area (Å²) in [7, 11) is 3.30. The summed E-state index contributed by atoms with van der Waals surface area (Å²) < 4.78 is 31.0. The molecule has 59 heavy (non-hydrogen) atoms. The van der Waals surface area contributed by atoms with Gasteiger partial charge in [-0.1, -0.05) is 63.9 Å². The van der Waals surface area contributed by atoms with E-state index in [0.29, 0.717) is 65.2 Å². The molecule has 1 aliphatic carbocycles. The summed E-state index contributed by atoms with van der Waals surface area (Å²) in [6.45, 7) is 18.5. The summed E-state index contributed by atoms with van der Waals surface area (Å²) in [6.07, 6.45) is 10.0. The van der Waals surface area contributed by atoms with Gasteiger partial charge in [0.1, 0.15) is 17.1 Å². The highest BCUT2D eigenvalue weighted by molar-refractivity contribution is 8.00. The van der Waals surface area contributed by atoms with Crippen LogP contribution < -0.4 is 14.4 Å². The average Bonchev–Trinajstić information content (AvgIpc) is 3.81. The first kappa shape index (κ1) is 47.1. The van der Waals surface area contributed by atoms with Crippen LogP contribution in [0.15, 0.2) is 43.2 Å². The van der Waals surface area contributed by atoms with Crippen LogP contribution in [0.25, 0.3) is 0 Å². The number of ether oxygens (including phenoxy) is 5. The largest absolute Gasteiger partial charge is 0.493 e. The third-order valence-electron chi connectivity index (χ3n) is 13.2. The molecule has 3 heterocycles. The molecule has 0 amide bonds. The van der Waals surface area contributed by atoms with E-state index < -0.39 is 46.3 Å². The third-order valence-corrected chi connectivity index (χ3v) is 15.1. The lowest BCUT2D eigenvalue weighted by molar-refractivity contribution is -0.184. The monoisotopic (exact) mass is 874 g/mol. The molecule has 0 radical (unpaired) electrons. The fraction of sp³-hybridized carbons (Fsp3) is 0.652. The summed E-state index contributed by atoms with van der Waals surface area (Å²) in [5.74, 6) is -1.28. The second-order valence-corrected chi connectivity index (χ2v) is 19.4. The summed E-state index contributed by atoms with van der Waals surface area (Å²) in [5.41, 5.74) is -0.328. The molecular weight excluding hydrogens is 811 g/mol. The molecule has 1 unspecified atom stereocenters. The molecule has 0 N–H and O–H groups in total. The maximum absolute atomic E-state index is 14.6. The Bertz CT molecular complexity index is 1790. The molecule has 3 aliphatic rings. The molecule has 2 saturated heterocycles. The van der Waals surface area contributed by atoms with Crippen LogP contribution in [0.4, 0.5) is 5.69 Å². The van der Waals surface area contributed by atoms with Gasteiger partial charge in [0.05, 0.1) is 34.8 Å². The minimum Gasteiger partial charge on any atom is -0.493 e. The van der Waals surface area contributed by atoms with E-state index in [1.165, 1.54) is 11.8 Å². The smallest absolute Gasteiger partial charge is 0.320 e. The number of pyridine rings is 1. The Balaban J connectivity index is 1.49. The number of carbonyl (C=O) groups is 3. The average molecular weight is 876 g/mol. The van der Waals surface area contributed by atoms with Crippen molar-refractivity contribution >= 4 is 58.4 Å². The Morgan fingerprint density at radius 1 is 0.983 bits per heavy atom. The molecule has 1 aromatic carbocycles. The Morgan fingerprint density at radius 2 is 1.66 bits per heavy atom. The number of fused-ring (bicyclic) bond motifs is 1.